The number of benzene rings is 2. The van der Waals surface area contributed by atoms with Crippen molar-refractivity contribution in [1.29, 1.82) is 0 Å². The van der Waals surface area contributed by atoms with Gasteiger partial charge in [0.15, 0.2) is 0 Å². The van der Waals surface area contributed by atoms with Crippen molar-refractivity contribution in [3.8, 4) is 11.5 Å². The Morgan fingerprint density at radius 2 is 2.00 bits per heavy atom. The highest BCUT2D eigenvalue weighted by Gasteiger charge is 2.48. The number of hydrogen-bond acceptors (Lipinski definition) is 4. The number of carboxylic acids is 1. The van der Waals surface area contributed by atoms with E-state index in [0.29, 0.717) is 35.5 Å². The average Bonchev–Trinajstić information content (AvgIpc) is 2.64. The highest BCUT2D eigenvalue weighted by molar-refractivity contribution is 6.35. The number of rotatable bonds is 5. The van der Waals surface area contributed by atoms with Crippen molar-refractivity contribution in [3.05, 3.63) is 57.6 Å². The number of carbonyl (C=O) groups is 1. The van der Waals surface area contributed by atoms with Crippen molar-refractivity contribution < 1.29 is 19.4 Å². The first-order chi connectivity index (χ1) is 13.4. The van der Waals surface area contributed by atoms with Crippen LogP contribution in [0.5, 0.6) is 11.5 Å². The standard InChI is InChI=1S/C21H21Cl2NO4/c1-21(20(25)26)11-24(12-21)14-7-13-5-6-15(8-19(13)28-9-14)27-10-16-17(22)3-2-4-18(16)23/h2-6,8,14H,7,9-12H2,1H3,(H,25,26)/t14-/m0/s1. The summed E-state index contributed by atoms with van der Waals surface area (Å²) in [5.41, 5.74) is 1.21. The number of hydrogen-bond donors (Lipinski definition) is 1. The zero-order valence-electron chi connectivity index (χ0n) is 15.5. The lowest BCUT2D eigenvalue weighted by atomic mass is 9.80. The van der Waals surface area contributed by atoms with Gasteiger partial charge in [-0.2, -0.15) is 0 Å². The van der Waals surface area contributed by atoms with Crippen molar-refractivity contribution in [3.63, 3.8) is 0 Å². The average molecular weight is 422 g/mol. The Labute approximate surface area is 173 Å². The highest BCUT2D eigenvalue weighted by atomic mass is 35.5. The van der Waals surface area contributed by atoms with E-state index in [9.17, 15) is 9.90 Å². The fourth-order valence-corrected chi connectivity index (χ4v) is 4.24. The largest absolute Gasteiger partial charge is 0.492 e. The lowest BCUT2D eigenvalue weighted by Gasteiger charge is -2.49. The minimum absolute atomic E-state index is 0.202. The lowest BCUT2D eigenvalue weighted by Crippen LogP contribution is -2.63. The van der Waals surface area contributed by atoms with Crippen LogP contribution in [0.1, 0.15) is 18.1 Å². The molecule has 0 saturated carbocycles. The monoisotopic (exact) mass is 421 g/mol. The third-order valence-electron chi connectivity index (χ3n) is 5.51. The fourth-order valence-electron chi connectivity index (χ4n) is 3.73. The van der Waals surface area contributed by atoms with Gasteiger partial charge in [0.1, 0.15) is 24.7 Å². The molecule has 0 radical (unpaired) electrons. The number of ether oxygens (including phenoxy) is 2. The Hall–Kier alpha value is -1.95. The Morgan fingerprint density at radius 1 is 1.29 bits per heavy atom. The van der Waals surface area contributed by atoms with E-state index in [2.05, 4.69) is 4.90 Å². The molecule has 2 heterocycles. The van der Waals surface area contributed by atoms with Gasteiger partial charge in [0.05, 0.1) is 5.41 Å². The Kier molecular flexibility index (Phi) is 5.17. The minimum Gasteiger partial charge on any atom is -0.492 e. The van der Waals surface area contributed by atoms with Gasteiger partial charge in [-0.05, 0) is 37.1 Å². The van der Waals surface area contributed by atoms with E-state index in [1.807, 2.05) is 18.2 Å². The van der Waals surface area contributed by atoms with Gasteiger partial charge in [0.2, 0.25) is 0 Å². The SMILES string of the molecule is CC1(C(=O)O)CN([C@@H]2COc3cc(OCc4c(Cl)cccc4Cl)ccc3C2)C1. The molecule has 0 bridgehead atoms. The van der Waals surface area contributed by atoms with Gasteiger partial charge in [-0.25, -0.2) is 0 Å². The molecular weight excluding hydrogens is 401 g/mol. The summed E-state index contributed by atoms with van der Waals surface area (Å²) in [6.45, 7) is 3.74. The summed E-state index contributed by atoms with van der Waals surface area (Å²) in [4.78, 5) is 13.5. The Morgan fingerprint density at radius 3 is 2.68 bits per heavy atom. The zero-order chi connectivity index (χ0) is 19.9. The molecule has 2 aromatic carbocycles. The molecular formula is C21H21Cl2NO4. The maximum Gasteiger partial charge on any atom is 0.311 e. The second kappa shape index (κ2) is 7.47. The first-order valence-corrected chi connectivity index (χ1v) is 9.90. The van der Waals surface area contributed by atoms with Crippen molar-refractivity contribution in [2.24, 2.45) is 5.41 Å². The Balaban J connectivity index is 1.39. The van der Waals surface area contributed by atoms with E-state index < -0.39 is 11.4 Å². The molecule has 1 N–H and O–H groups in total. The van der Waals surface area contributed by atoms with E-state index in [4.69, 9.17) is 32.7 Å². The molecule has 1 atom stereocenters. The number of fused-ring (bicyclic) bond motifs is 1. The van der Waals surface area contributed by atoms with Crippen LogP contribution >= 0.6 is 23.2 Å². The normalized spacial score (nSPS) is 20.6. The van der Waals surface area contributed by atoms with Crippen LogP contribution in [0.4, 0.5) is 0 Å². The van der Waals surface area contributed by atoms with E-state index >= 15 is 0 Å². The molecule has 0 unspecified atom stereocenters. The van der Waals surface area contributed by atoms with Gasteiger partial charge >= 0.3 is 5.97 Å². The molecule has 0 amide bonds. The summed E-state index contributed by atoms with van der Waals surface area (Å²) in [6.07, 6.45) is 0.835. The summed E-state index contributed by atoms with van der Waals surface area (Å²) in [5.74, 6) is 0.761. The predicted octanol–water partition coefficient (Wildman–Crippen LogP) is 4.28. The van der Waals surface area contributed by atoms with Crippen molar-refractivity contribution >= 4 is 29.2 Å². The smallest absolute Gasteiger partial charge is 0.311 e. The van der Waals surface area contributed by atoms with Crippen LogP contribution in [0.15, 0.2) is 36.4 Å². The van der Waals surface area contributed by atoms with Gasteiger partial charge < -0.3 is 14.6 Å². The molecule has 148 valence electrons. The van der Waals surface area contributed by atoms with E-state index in [0.717, 1.165) is 23.3 Å². The fraction of sp³-hybridized carbons (Fsp3) is 0.381. The highest BCUT2D eigenvalue weighted by Crippen LogP contribution is 2.37. The molecule has 2 aliphatic rings. The number of aliphatic carboxylic acids is 1. The number of likely N-dealkylation sites (tertiary alicyclic amines) is 1. The molecule has 4 rings (SSSR count). The van der Waals surface area contributed by atoms with Crippen molar-refractivity contribution in [1.82, 2.24) is 4.90 Å². The van der Waals surface area contributed by atoms with Crippen LogP contribution in [0.25, 0.3) is 0 Å². The second-order valence-electron chi connectivity index (χ2n) is 7.70. The molecule has 2 aromatic rings. The van der Waals surface area contributed by atoms with Crippen LogP contribution in [0.2, 0.25) is 10.0 Å². The zero-order valence-corrected chi connectivity index (χ0v) is 17.0. The van der Waals surface area contributed by atoms with Crippen LogP contribution in [0.3, 0.4) is 0 Å². The molecule has 2 aliphatic heterocycles. The van der Waals surface area contributed by atoms with E-state index in [1.54, 1.807) is 25.1 Å². The lowest BCUT2D eigenvalue weighted by molar-refractivity contribution is -0.161. The number of halogens is 2. The molecule has 5 nitrogen and oxygen atoms in total. The summed E-state index contributed by atoms with van der Waals surface area (Å²) in [5, 5.41) is 10.4. The third-order valence-corrected chi connectivity index (χ3v) is 6.22. The number of nitrogens with zero attached hydrogens (tertiary/aromatic N) is 1. The maximum atomic E-state index is 11.3. The maximum absolute atomic E-state index is 11.3. The minimum atomic E-state index is -0.735. The topological polar surface area (TPSA) is 59.0 Å². The third kappa shape index (κ3) is 3.66. The summed E-state index contributed by atoms with van der Waals surface area (Å²) >= 11 is 12.4. The predicted molar refractivity (Wildman–Crippen MR) is 108 cm³/mol. The Bertz CT molecular complexity index is 891. The van der Waals surface area contributed by atoms with Gasteiger partial charge in [0, 0.05) is 40.8 Å². The first kappa shape index (κ1) is 19.4. The van der Waals surface area contributed by atoms with Gasteiger partial charge in [-0.15, -0.1) is 0 Å². The summed E-state index contributed by atoms with van der Waals surface area (Å²) in [6, 6.07) is 11.4. The van der Waals surface area contributed by atoms with Crippen LogP contribution in [-0.2, 0) is 17.8 Å². The summed E-state index contributed by atoms with van der Waals surface area (Å²) < 4.78 is 11.8. The number of carboxylic acid groups (broad SMARTS) is 1. The quantitative estimate of drug-likeness (QED) is 0.780. The van der Waals surface area contributed by atoms with Gasteiger partial charge in [0.25, 0.3) is 0 Å². The molecule has 1 fully saturated rings. The molecule has 1 saturated heterocycles. The van der Waals surface area contributed by atoms with Gasteiger partial charge in [-0.3, -0.25) is 9.69 Å². The van der Waals surface area contributed by atoms with Crippen LogP contribution < -0.4 is 9.47 Å². The van der Waals surface area contributed by atoms with Crippen molar-refractivity contribution in [2.75, 3.05) is 19.7 Å². The van der Waals surface area contributed by atoms with Gasteiger partial charge in [-0.1, -0.05) is 35.3 Å². The first-order valence-electron chi connectivity index (χ1n) is 9.14. The molecule has 0 aliphatic carbocycles. The van der Waals surface area contributed by atoms with E-state index in [-0.39, 0.29) is 12.6 Å². The van der Waals surface area contributed by atoms with Crippen molar-refractivity contribution in [2.45, 2.75) is 26.0 Å². The second-order valence-corrected chi connectivity index (χ2v) is 8.51. The molecule has 28 heavy (non-hydrogen) atoms. The molecule has 0 spiro atoms. The van der Waals surface area contributed by atoms with Crippen LogP contribution in [-0.4, -0.2) is 41.7 Å². The molecule has 0 aromatic heterocycles. The molecule has 7 heteroatoms. The summed E-state index contributed by atoms with van der Waals surface area (Å²) in [7, 11) is 0. The van der Waals surface area contributed by atoms with Crippen LogP contribution in [0, 0.1) is 5.41 Å². The van der Waals surface area contributed by atoms with E-state index in [1.165, 1.54) is 0 Å².